The minimum atomic E-state index is -0.648. The molecule has 134 valence electrons. The summed E-state index contributed by atoms with van der Waals surface area (Å²) in [5.74, 6) is -0.229. The van der Waals surface area contributed by atoms with Crippen LogP contribution < -0.4 is 0 Å². The lowest BCUT2D eigenvalue weighted by Crippen LogP contribution is -2.46. The fourth-order valence-electron chi connectivity index (χ4n) is 2.98. The first kappa shape index (κ1) is 19.4. The van der Waals surface area contributed by atoms with Crippen LogP contribution in [0.2, 0.25) is 0 Å². The van der Waals surface area contributed by atoms with Crippen molar-refractivity contribution < 1.29 is 19.0 Å². The number of ether oxygens (including phenoxy) is 3. The number of carbonyl (C=O) groups excluding carboxylic acids is 1. The zero-order valence-electron chi connectivity index (χ0n) is 14.7. The summed E-state index contributed by atoms with van der Waals surface area (Å²) in [6.07, 6.45) is 2.50. The smallest absolute Gasteiger partial charge is 0.313 e. The quantitative estimate of drug-likeness (QED) is 0.393. The number of hydrogen-bond donors (Lipinski definition) is 0. The summed E-state index contributed by atoms with van der Waals surface area (Å²) in [5.41, 5.74) is 0.523. The van der Waals surface area contributed by atoms with Crippen LogP contribution in [0.15, 0.2) is 30.3 Å². The zero-order valence-corrected chi connectivity index (χ0v) is 16.3. The van der Waals surface area contributed by atoms with E-state index in [2.05, 4.69) is 28.1 Å². The van der Waals surface area contributed by atoms with Crippen LogP contribution in [0, 0.1) is 5.41 Å². The van der Waals surface area contributed by atoms with Gasteiger partial charge in [0.1, 0.15) is 0 Å². The topological polar surface area (TPSA) is 44.8 Å². The highest BCUT2D eigenvalue weighted by molar-refractivity contribution is 9.09. The second kappa shape index (κ2) is 8.97. The maximum atomic E-state index is 12.0. The fraction of sp³-hybridized carbons (Fsp3) is 0.632. The molecule has 0 N–H and O–H groups in total. The van der Waals surface area contributed by atoms with Crippen molar-refractivity contribution in [1.82, 2.24) is 0 Å². The van der Waals surface area contributed by atoms with Gasteiger partial charge in [0.2, 0.25) is 0 Å². The van der Waals surface area contributed by atoms with E-state index in [0.29, 0.717) is 18.0 Å². The van der Waals surface area contributed by atoms with Crippen LogP contribution in [0.5, 0.6) is 0 Å². The van der Waals surface area contributed by atoms with Gasteiger partial charge >= 0.3 is 5.97 Å². The molecular formula is C19H27BrO4. The molecule has 4 nitrogen and oxygen atoms in total. The number of hydrogen-bond acceptors (Lipinski definition) is 4. The second-order valence-corrected chi connectivity index (χ2v) is 8.15. The molecule has 1 aliphatic heterocycles. The first-order valence-electron chi connectivity index (χ1n) is 8.43. The van der Waals surface area contributed by atoms with Crippen LogP contribution in [0.1, 0.15) is 38.7 Å². The monoisotopic (exact) mass is 398 g/mol. The molecule has 0 spiro atoms. The first-order chi connectivity index (χ1) is 11.4. The molecular weight excluding hydrogens is 372 g/mol. The highest BCUT2D eigenvalue weighted by atomic mass is 79.9. The molecule has 0 aromatic heterocycles. The lowest BCUT2D eigenvalue weighted by molar-refractivity contribution is -0.169. The molecule has 1 aromatic rings. The molecule has 1 saturated heterocycles. The average molecular weight is 399 g/mol. The highest BCUT2D eigenvalue weighted by Gasteiger charge is 2.43. The van der Waals surface area contributed by atoms with Crippen molar-refractivity contribution in [2.24, 2.45) is 5.41 Å². The number of benzene rings is 1. The van der Waals surface area contributed by atoms with E-state index in [0.717, 1.165) is 19.3 Å². The number of esters is 1. The van der Waals surface area contributed by atoms with Crippen LogP contribution in [-0.2, 0) is 25.6 Å². The van der Waals surface area contributed by atoms with Gasteiger partial charge in [-0.05, 0) is 38.7 Å². The predicted octanol–water partition coefficient (Wildman–Crippen LogP) is 4.10. The average Bonchev–Trinajstić information content (AvgIpc) is 2.58. The highest BCUT2D eigenvalue weighted by Crippen LogP contribution is 2.37. The van der Waals surface area contributed by atoms with E-state index in [1.807, 2.05) is 32.0 Å². The Bertz CT molecular complexity index is 517. The fourth-order valence-corrected chi connectivity index (χ4v) is 3.74. The van der Waals surface area contributed by atoms with Gasteiger partial charge in [-0.2, -0.15) is 0 Å². The van der Waals surface area contributed by atoms with Gasteiger partial charge in [0, 0.05) is 11.4 Å². The molecule has 0 aliphatic carbocycles. The Kier molecular flexibility index (Phi) is 7.26. The van der Waals surface area contributed by atoms with Gasteiger partial charge in [0.15, 0.2) is 0 Å². The normalized spacial score (nSPS) is 24.6. The molecule has 0 radical (unpaired) electrons. The molecule has 1 heterocycles. The molecule has 1 aromatic carbocycles. The van der Waals surface area contributed by atoms with Gasteiger partial charge in [-0.25, -0.2) is 0 Å². The van der Waals surface area contributed by atoms with E-state index in [-0.39, 0.29) is 18.2 Å². The molecule has 1 aliphatic rings. The lowest BCUT2D eigenvalue weighted by Gasteiger charge is -2.40. The van der Waals surface area contributed by atoms with E-state index in [9.17, 15) is 4.79 Å². The lowest BCUT2D eigenvalue weighted by atomic mass is 9.81. The molecule has 0 unspecified atom stereocenters. The number of methoxy groups -OCH3 is 1. The van der Waals surface area contributed by atoms with Crippen molar-refractivity contribution in [1.29, 1.82) is 0 Å². The Morgan fingerprint density at radius 2 is 2.00 bits per heavy atom. The maximum Gasteiger partial charge on any atom is 0.313 e. The Labute approximate surface area is 153 Å². The van der Waals surface area contributed by atoms with Crippen molar-refractivity contribution in [3.8, 4) is 0 Å². The summed E-state index contributed by atoms with van der Waals surface area (Å²) in [6, 6.07) is 10.1. The van der Waals surface area contributed by atoms with E-state index in [1.165, 1.54) is 12.7 Å². The van der Waals surface area contributed by atoms with Gasteiger partial charge in [-0.15, -0.1) is 0 Å². The van der Waals surface area contributed by atoms with Crippen LogP contribution >= 0.6 is 15.9 Å². The van der Waals surface area contributed by atoms with Crippen molar-refractivity contribution >= 4 is 21.9 Å². The second-order valence-electron chi connectivity index (χ2n) is 6.86. The largest absolute Gasteiger partial charge is 0.469 e. The molecule has 24 heavy (non-hydrogen) atoms. The standard InChI is InChI=1S/C19H27BrO4/c1-19(2,18(21)22-3)17-12-15(20)11-16(24-17)9-10-23-13-14-7-5-4-6-8-14/h4-8,15-17H,9-13H2,1-3H3/t15-,16+,17+/m0/s1. The van der Waals surface area contributed by atoms with E-state index >= 15 is 0 Å². The maximum absolute atomic E-state index is 12.0. The third-order valence-electron chi connectivity index (χ3n) is 4.56. The third-order valence-corrected chi connectivity index (χ3v) is 5.30. The Balaban J connectivity index is 1.81. The summed E-state index contributed by atoms with van der Waals surface area (Å²) < 4.78 is 16.9. The van der Waals surface area contributed by atoms with Gasteiger partial charge in [0.05, 0.1) is 31.3 Å². The summed E-state index contributed by atoms with van der Waals surface area (Å²) in [7, 11) is 1.42. The van der Waals surface area contributed by atoms with Crippen LogP contribution in [0.3, 0.4) is 0 Å². The van der Waals surface area contributed by atoms with E-state index in [4.69, 9.17) is 14.2 Å². The van der Waals surface area contributed by atoms with Gasteiger partial charge in [-0.1, -0.05) is 46.3 Å². The summed E-state index contributed by atoms with van der Waals surface area (Å²) in [4.78, 5) is 12.4. The van der Waals surface area contributed by atoms with Gasteiger partial charge < -0.3 is 14.2 Å². The van der Waals surface area contributed by atoms with Gasteiger partial charge in [-0.3, -0.25) is 4.79 Å². The van der Waals surface area contributed by atoms with E-state index < -0.39 is 5.41 Å². The van der Waals surface area contributed by atoms with Crippen LogP contribution in [0.4, 0.5) is 0 Å². The van der Waals surface area contributed by atoms with E-state index in [1.54, 1.807) is 0 Å². The predicted molar refractivity (Wildman–Crippen MR) is 97.1 cm³/mol. The summed E-state index contributed by atoms with van der Waals surface area (Å²) >= 11 is 3.71. The molecule has 5 heteroatoms. The van der Waals surface area contributed by atoms with Crippen LogP contribution in [0.25, 0.3) is 0 Å². The first-order valence-corrected chi connectivity index (χ1v) is 9.34. The molecule has 0 amide bonds. The molecule has 1 fully saturated rings. The Morgan fingerprint density at radius 3 is 2.67 bits per heavy atom. The molecule has 0 saturated carbocycles. The molecule has 2 rings (SSSR count). The Morgan fingerprint density at radius 1 is 1.29 bits per heavy atom. The number of rotatable bonds is 7. The molecule has 3 atom stereocenters. The summed E-state index contributed by atoms with van der Waals surface area (Å²) in [6.45, 7) is 5.03. The third kappa shape index (κ3) is 5.30. The minimum Gasteiger partial charge on any atom is -0.469 e. The zero-order chi connectivity index (χ0) is 17.6. The van der Waals surface area contributed by atoms with Crippen molar-refractivity contribution in [2.45, 2.75) is 56.8 Å². The Hall–Kier alpha value is -0.910. The van der Waals surface area contributed by atoms with Crippen molar-refractivity contribution in [2.75, 3.05) is 13.7 Å². The number of carbonyl (C=O) groups is 1. The SMILES string of the molecule is COC(=O)C(C)(C)[C@H]1C[C@@H](Br)C[C@@H](CCOCc2ccccc2)O1. The van der Waals surface area contributed by atoms with Crippen LogP contribution in [-0.4, -0.2) is 36.7 Å². The minimum absolute atomic E-state index is 0.0906. The van der Waals surface area contributed by atoms with Gasteiger partial charge in [0.25, 0.3) is 0 Å². The summed E-state index contributed by atoms with van der Waals surface area (Å²) in [5, 5.41) is 0. The van der Waals surface area contributed by atoms with Crippen molar-refractivity contribution in [3.05, 3.63) is 35.9 Å². The van der Waals surface area contributed by atoms with Crippen molar-refractivity contribution in [3.63, 3.8) is 0 Å². The molecule has 0 bridgehead atoms. The number of alkyl halides is 1. The number of halogens is 1.